The van der Waals surface area contributed by atoms with Crippen molar-refractivity contribution >= 4 is 11.6 Å². The lowest BCUT2D eigenvalue weighted by molar-refractivity contribution is -0.139. The molecule has 110 valence electrons. The third-order valence-corrected chi connectivity index (χ3v) is 3.16. The zero-order valence-corrected chi connectivity index (χ0v) is 11.5. The number of hydrogen-bond acceptors (Lipinski definition) is 5. The first kappa shape index (κ1) is 14.6. The second kappa shape index (κ2) is 7.12. The highest BCUT2D eigenvalue weighted by Gasteiger charge is 2.29. The maximum absolute atomic E-state index is 12.4. The molecule has 0 saturated heterocycles. The molecule has 1 amide bonds. The van der Waals surface area contributed by atoms with Crippen molar-refractivity contribution in [3.8, 4) is 5.75 Å². The summed E-state index contributed by atoms with van der Waals surface area (Å²) in [7, 11) is 1.58. The molecular weight excluding hydrogens is 260 g/mol. The van der Waals surface area contributed by atoms with Crippen LogP contribution in [0.15, 0.2) is 24.3 Å². The van der Waals surface area contributed by atoms with E-state index >= 15 is 0 Å². The van der Waals surface area contributed by atoms with Gasteiger partial charge < -0.3 is 24.8 Å². The fourth-order valence-electron chi connectivity index (χ4n) is 2.11. The molecule has 0 saturated carbocycles. The highest BCUT2D eigenvalue weighted by Crippen LogP contribution is 2.28. The number of carbonyl (C=O) groups excluding carboxylic acids is 1. The average Bonchev–Trinajstić information content (AvgIpc) is 2.50. The molecule has 2 N–H and O–H groups in total. The van der Waals surface area contributed by atoms with Crippen molar-refractivity contribution in [2.24, 2.45) is 0 Å². The Bertz CT molecular complexity index is 453. The molecule has 0 aliphatic carbocycles. The van der Waals surface area contributed by atoms with Crippen molar-refractivity contribution in [1.82, 2.24) is 4.90 Å². The standard InChI is InChI=1S/C14H20N2O4/c1-19-9-7-16(6-8-17)14(18)13-10-15-11-4-2-3-5-12(11)20-13/h2-5,13,15,17H,6-10H2,1H3. The zero-order valence-electron chi connectivity index (χ0n) is 11.5. The molecule has 1 aliphatic heterocycles. The topological polar surface area (TPSA) is 71.0 Å². The van der Waals surface area contributed by atoms with Gasteiger partial charge in [-0.2, -0.15) is 0 Å². The first-order valence-corrected chi connectivity index (χ1v) is 6.64. The molecule has 1 heterocycles. The zero-order chi connectivity index (χ0) is 14.4. The summed E-state index contributed by atoms with van der Waals surface area (Å²) in [6, 6.07) is 7.51. The third kappa shape index (κ3) is 3.40. The van der Waals surface area contributed by atoms with Crippen molar-refractivity contribution in [3.63, 3.8) is 0 Å². The van der Waals surface area contributed by atoms with Crippen LogP contribution in [-0.4, -0.2) is 62.0 Å². The van der Waals surface area contributed by atoms with E-state index in [1.165, 1.54) is 0 Å². The molecule has 1 aromatic carbocycles. The van der Waals surface area contributed by atoms with Gasteiger partial charge in [-0.05, 0) is 12.1 Å². The minimum absolute atomic E-state index is 0.0772. The Balaban J connectivity index is 2.01. The predicted molar refractivity (Wildman–Crippen MR) is 74.9 cm³/mol. The lowest BCUT2D eigenvalue weighted by atomic mass is 10.2. The van der Waals surface area contributed by atoms with E-state index in [2.05, 4.69) is 5.32 Å². The van der Waals surface area contributed by atoms with Crippen LogP contribution in [0.3, 0.4) is 0 Å². The maximum Gasteiger partial charge on any atom is 0.265 e. The number of aliphatic hydroxyl groups is 1. The van der Waals surface area contributed by atoms with Gasteiger partial charge in [-0.3, -0.25) is 4.79 Å². The van der Waals surface area contributed by atoms with Crippen molar-refractivity contribution < 1.29 is 19.4 Å². The number of aliphatic hydroxyl groups excluding tert-OH is 1. The lowest BCUT2D eigenvalue weighted by Crippen LogP contribution is -2.48. The van der Waals surface area contributed by atoms with E-state index in [1.807, 2.05) is 24.3 Å². The third-order valence-electron chi connectivity index (χ3n) is 3.16. The van der Waals surface area contributed by atoms with E-state index in [0.717, 1.165) is 5.69 Å². The van der Waals surface area contributed by atoms with E-state index in [0.29, 0.717) is 25.4 Å². The van der Waals surface area contributed by atoms with Crippen molar-refractivity contribution in [2.75, 3.05) is 45.3 Å². The first-order valence-electron chi connectivity index (χ1n) is 6.64. The number of anilines is 1. The number of nitrogens with one attached hydrogen (secondary N) is 1. The lowest BCUT2D eigenvalue weighted by Gasteiger charge is -2.31. The van der Waals surface area contributed by atoms with Gasteiger partial charge >= 0.3 is 0 Å². The molecule has 1 unspecified atom stereocenters. The van der Waals surface area contributed by atoms with Gasteiger partial charge in [0.15, 0.2) is 6.10 Å². The molecule has 0 radical (unpaired) electrons. The van der Waals surface area contributed by atoms with E-state index < -0.39 is 6.10 Å². The largest absolute Gasteiger partial charge is 0.477 e. The van der Waals surface area contributed by atoms with Gasteiger partial charge in [0.25, 0.3) is 5.91 Å². The molecule has 1 atom stereocenters. The molecule has 1 aliphatic rings. The van der Waals surface area contributed by atoms with Crippen LogP contribution in [-0.2, 0) is 9.53 Å². The Morgan fingerprint density at radius 2 is 2.30 bits per heavy atom. The minimum atomic E-state index is -0.576. The number of carbonyl (C=O) groups is 1. The van der Waals surface area contributed by atoms with E-state index in [1.54, 1.807) is 12.0 Å². The normalized spacial score (nSPS) is 16.8. The molecule has 0 aromatic heterocycles. The molecular formula is C14H20N2O4. The highest BCUT2D eigenvalue weighted by molar-refractivity contribution is 5.83. The fraction of sp³-hybridized carbons (Fsp3) is 0.500. The van der Waals surface area contributed by atoms with Crippen molar-refractivity contribution in [2.45, 2.75) is 6.10 Å². The van der Waals surface area contributed by atoms with Gasteiger partial charge in [0.1, 0.15) is 5.75 Å². The molecule has 20 heavy (non-hydrogen) atoms. The van der Waals surface area contributed by atoms with Gasteiger partial charge in [-0.1, -0.05) is 12.1 Å². The number of ether oxygens (including phenoxy) is 2. The summed E-state index contributed by atoms with van der Waals surface area (Å²) in [5.41, 5.74) is 0.891. The van der Waals surface area contributed by atoms with Crippen molar-refractivity contribution in [1.29, 1.82) is 0 Å². The summed E-state index contributed by atoms with van der Waals surface area (Å²) in [4.78, 5) is 14.0. The van der Waals surface area contributed by atoms with Crippen molar-refractivity contribution in [3.05, 3.63) is 24.3 Å². The minimum Gasteiger partial charge on any atom is -0.477 e. The van der Waals surface area contributed by atoms with Crippen LogP contribution < -0.4 is 10.1 Å². The smallest absolute Gasteiger partial charge is 0.265 e. The fourth-order valence-corrected chi connectivity index (χ4v) is 2.11. The van der Waals surface area contributed by atoms with Gasteiger partial charge in [0.05, 0.1) is 25.4 Å². The van der Waals surface area contributed by atoms with Crippen LogP contribution in [0.4, 0.5) is 5.69 Å². The number of nitrogens with zero attached hydrogens (tertiary/aromatic N) is 1. The van der Waals surface area contributed by atoms with Crippen LogP contribution in [0.5, 0.6) is 5.75 Å². The van der Waals surface area contributed by atoms with Crippen LogP contribution in [0.1, 0.15) is 0 Å². The molecule has 0 bridgehead atoms. The van der Waals surface area contributed by atoms with E-state index in [9.17, 15) is 4.79 Å². The van der Waals surface area contributed by atoms with E-state index in [4.69, 9.17) is 14.6 Å². The number of methoxy groups -OCH3 is 1. The van der Waals surface area contributed by atoms with Gasteiger partial charge in [0, 0.05) is 20.2 Å². The maximum atomic E-state index is 12.4. The molecule has 0 spiro atoms. The molecule has 0 fully saturated rings. The van der Waals surface area contributed by atoms with Crippen LogP contribution in [0.25, 0.3) is 0 Å². The number of para-hydroxylation sites is 2. The molecule has 2 rings (SSSR count). The summed E-state index contributed by atoms with van der Waals surface area (Å²) in [5.74, 6) is 0.533. The van der Waals surface area contributed by atoms with Gasteiger partial charge in [0.2, 0.25) is 0 Å². The second-order valence-electron chi connectivity index (χ2n) is 4.53. The monoisotopic (exact) mass is 280 g/mol. The number of rotatable bonds is 6. The molecule has 6 heteroatoms. The summed E-state index contributed by atoms with van der Waals surface area (Å²) in [6.45, 7) is 1.50. The molecule has 1 aromatic rings. The quantitative estimate of drug-likeness (QED) is 0.785. The van der Waals surface area contributed by atoms with Crippen LogP contribution in [0, 0.1) is 0 Å². The van der Waals surface area contributed by atoms with Crippen LogP contribution >= 0.6 is 0 Å². The predicted octanol–water partition coefficient (Wildman–Crippen LogP) is 0.327. The Labute approximate surface area is 118 Å². The Kier molecular flexibility index (Phi) is 5.20. The van der Waals surface area contributed by atoms with Crippen LogP contribution in [0.2, 0.25) is 0 Å². The highest BCUT2D eigenvalue weighted by atomic mass is 16.5. The summed E-state index contributed by atoms with van der Waals surface area (Å²) in [6.07, 6.45) is -0.576. The summed E-state index contributed by atoms with van der Waals surface area (Å²) < 4.78 is 10.7. The first-order chi connectivity index (χ1) is 9.76. The Morgan fingerprint density at radius 3 is 3.05 bits per heavy atom. The number of amides is 1. The summed E-state index contributed by atoms with van der Waals surface area (Å²) >= 11 is 0. The Morgan fingerprint density at radius 1 is 1.50 bits per heavy atom. The number of hydrogen-bond donors (Lipinski definition) is 2. The molecule has 6 nitrogen and oxygen atoms in total. The Hall–Kier alpha value is -1.79. The van der Waals surface area contributed by atoms with Gasteiger partial charge in [-0.15, -0.1) is 0 Å². The second-order valence-corrected chi connectivity index (χ2v) is 4.53. The number of benzene rings is 1. The SMILES string of the molecule is COCCN(CCO)C(=O)C1CNc2ccccc2O1. The van der Waals surface area contributed by atoms with Gasteiger partial charge in [-0.25, -0.2) is 0 Å². The average molecular weight is 280 g/mol. The number of fused-ring (bicyclic) bond motifs is 1. The summed E-state index contributed by atoms with van der Waals surface area (Å²) in [5, 5.41) is 12.2. The van der Waals surface area contributed by atoms with E-state index in [-0.39, 0.29) is 19.1 Å².